The fourth-order valence-corrected chi connectivity index (χ4v) is 4.51. The summed E-state index contributed by atoms with van der Waals surface area (Å²) in [5.74, 6) is 0.670. The molecule has 0 fully saturated rings. The van der Waals surface area contributed by atoms with Crippen molar-refractivity contribution in [2.75, 3.05) is 5.75 Å². The summed E-state index contributed by atoms with van der Waals surface area (Å²) in [7, 11) is 0. The summed E-state index contributed by atoms with van der Waals surface area (Å²) >= 11 is 1.32. The zero-order chi connectivity index (χ0) is 24.0. The van der Waals surface area contributed by atoms with Gasteiger partial charge in [-0.3, -0.25) is 9.36 Å². The number of hydrazone groups is 1. The smallest absolute Gasteiger partial charge is 0.250 e. The fourth-order valence-electron chi connectivity index (χ4n) is 3.76. The molecule has 0 unspecified atom stereocenters. The number of thioether (sulfide) groups is 1. The first kappa shape index (κ1) is 22.6. The van der Waals surface area contributed by atoms with E-state index in [-0.39, 0.29) is 11.7 Å². The Hall–Kier alpha value is -4.23. The normalized spacial score (nSPS) is 11.2. The fraction of sp³-hybridized carbons (Fsp3) is 0.0714. The van der Waals surface area contributed by atoms with Crippen molar-refractivity contribution in [3.63, 3.8) is 0 Å². The van der Waals surface area contributed by atoms with Crippen molar-refractivity contribution in [3.05, 3.63) is 108 Å². The van der Waals surface area contributed by atoms with Crippen molar-refractivity contribution in [2.24, 2.45) is 5.10 Å². The van der Waals surface area contributed by atoms with E-state index >= 15 is 0 Å². The summed E-state index contributed by atoms with van der Waals surface area (Å²) in [6.07, 6.45) is 1.67. The first-order valence-corrected chi connectivity index (χ1v) is 12.2. The Morgan fingerprint density at radius 2 is 1.66 bits per heavy atom. The number of hydrogen-bond acceptors (Lipinski definition) is 5. The zero-order valence-corrected chi connectivity index (χ0v) is 19.9. The number of carbonyl (C=O) groups excluding carboxylic acids is 1. The number of nitrogens with zero attached hydrogens (tertiary/aromatic N) is 4. The van der Waals surface area contributed by atoms with Crippen LogP contribution in [0, 0.1) is 6.92 Å². The molecular weight excluding hydrogens is 454 g/mol. The predicted octanol–water partition coefficient (Wildman–Crippen LogP) is 5.64. The highest BCUT2D eigenvalue weighted by Crippen LogP contribution is 2.28. The Morgan fingerprint density at radius 1 is 0.914 bits per heavy atom. The minimum atomic E-state index is -0.216. The van der Waals surface area contributed by atoms with Gasteiger partial charge in [0.05, 0.1) is 12.0 Å². The lowest BCUT2D eigenvalue weighted by atomic mass is 10.1. The molecule has 172 valence electrons. The summed E-state index contributed by atoms with van der Waals surface area (Å²) in [6.45, 7) is 2.05. The van der Waals surface area contributed by atoms with E-state index in [4.69, 9.17) is 0 Å². The molecule has 0 bridgehead atoms. The Balaban J connectivity index is 1.32. The van der Waals surface area contributed by atoms with Crippen LogP contribution in [-0.4, -0.2) is 32.6 Å². The van der Waals surface area contributed by atoms with E-state index in [2.05, 4.69) is 32.9 Å². The van der Waals surface area contributed by atoms with Gasteiger partial charge in [-0.05, 0) is 29.8 Å². The van der Waals surface area contributed by atoms with Crippen molar-refractivity contribution < 1.29 is 4.79 Å². The second-order valence-electron chi connectivity index (χ2n) is 7.99. The van der Waals surface area contributed by atoms with Crippen LogP contribution in [-0.2, 0) is 4.79 Å². The third kappa shape index (κ3) is 5.15. The van der Waals surface area contributed by atoms with Gasteiger partial charge in [0.1, 0.15) is 0 Å². The van der Waals surface area contributed by atoms with Crippen LogP contribution >= 0.6 is 11.8 Å². The van der Waals surface area contributed by atoms with Crippen LogP contribution in [0.5, 0.6) is 0 Å². The second-order valence-corrected chi connectivity index (χ2v) is 8.94. The second kappa shape index (κ2) is 10.4. The molecule has 0 aliphatic carbocycles. The van der Waals surface area contributed by atoms with E-state index in [9.17, 15) is 4.79 Å². The Kier molecular flexibility index (Phi) is 6.68. The molecule has 35 heavy (non-hydrogen) atoms. The number of rotatable bonds is 7. The van der Waals surface area contributed by atoms with Gasteiger partial charge in [-0.25, -0.2) is 5.43 Å². The molecule has 7 heteroatoms. The van der Waals surface area contributed by atoms with Crippen LogP contribution in [0.4, 0.5) is 0 Å². The quantitative estimate of drug-likeness (QED) is 0.187. The van der Waals surface area contributed by atoms with Gasteiger partial charge in [0.25, 0.3) is 5.91 Å². The summed E-state index contributed by atoms with van der Waals surface area (Å²) in [4.78, 5) is 12.5. The number of benzene rings is 4. The monoisotopic (exact) mass is 477 g/mol. The predicted molar refractivity (Wildman–Crippen MR) is 142 cm³/mol. The van der Waals surface area contributed by atoms with Crippen LogP contribution in [0.2, 0.25) is 0 Å². The average molecular weight is 478 g/mol. The SMILES string of the molecule is Cc1ccc(-n2c(SCC(=O)N/N=C\c3cccc4ccccc34)nnc2-c2ccccc2)cc1. The molecule has 5 rings (SSSR count). The summed E-state index contributed by atoms with van der Waals surface area (Å²) in [5.41, 5.74) is 6.63. The van der Waals surface area contributed by atoms with E-state index in [0.717, 1.165) is 33.4 Å². The largest absolute Gasteiger partial charge is 0.272 e. The molecule has 0 saturated heterocycles. The first-order valence-electron chi connectivity index (χ1n) is 11.2. The molecular formula is C28H23N5OS. The van der Waals surface area contributed by atoms with Gasteiger partial charge < -0.3 is 0 Å². The molecule has 1 heterocycles. The minimum Gasteiger partial charge on any atom is -0.272 e. The minimum absolute atomic E-state index is 0.158. The third-order valence-electron chi connectivity index (χ3n) is 5.51. The van der Waals surface area contributed by atoms with Crippen LogP contribution < -0.4 is 5.43 Å². The molecule has 5 aromatic rings. The van der Waals surface area contributed by atoms with Crippen molar-refractivity contribution in [1.29, 1.82) is 0 Å². The maximum absolute atomic E-state index is 12.5. The first-order chi connectivity index (χ1) is 17.2. The van der Waals surface area contributed by atoms with Crippen molar-refractivity contribution in [3.8, 4) is 17.1 Å². The molecule has 0 saturated carbocycles. The van der Waals surface area contributed by atoms with Gasteiger partial charge in [0, 0.05) is 16.8 Å². The maximum atomic E-state index is 12.5. The highest BCUT2D eigenvalue weighted by atomic mass is 32.2. The summed E-state index contributed by atoms with van der Waals surface area (Å²) < 4.78 is 1.98. The van der Waals surface area contributed by atoms with E-state index < -0.39 is 0 Å². The standard InChI is InChI=1S/C28H23N5OS/c1-20-14-16-24(17-15-20)33-27(22-9-3-2-4-10-22)31-32-28(33)35-19-26(34)30-29-18-23-12-7-11-21-8-5-6-13-25(21)23/h2-18H,19H2,1H3,(H,30,34)/b29-18-. The average Bonchev–Trinajstić information content (AvgIpc) is 3.32. The van der Waals surface area contributed by atoms with Gasteiger partial charge in [0.2, 0.25) is 0 Å². The molecule has 0 spiro atoms. The molecule has 0 aliphatic rings. The van der Waals surface area contributed by atoms with Gasteiger partial charge in [-0.2, -0.15) is 5.10 Å². The van der Waals surface area contributed by atoms with Gasteiger partial charge in [-0.1, -0.05) is 102 Å². The Labute approximate surface area is 207 Å². The van der Waals surface area contributed by atoms with Crippen LogP contribution in [0.25, 0.3) is 27.8 Å². The topological polar surface area (TPSA) is 72.2 Å². The van der Waals surface area contributed by atoms with Crippen molar-refractivity contribution >= 4 is 34.7 Å². The number of carbonyl (C=O) groups is 1. The summed E-state index contributed by atoms with van der Waals surface area (Å²) in [5, 5.41) is 15.8. The highest BCUT2D eigenvalue weighted by molar-refractivity contribution is 7.99. The van der Waals surface area contributed by atoms with Crippen LogP contribution in [0.3, 0.4) is 0 Å². The summed E-state index contributed by atoms with van der Waals surface area (Å²) in [6, 6.07) is 32.1. The number of aromatic nitrogens is 3. The van der Waals surface area contributed by atoms with Gasteiger partial charge in [0.15, 0.2) is 11.0 Å². The number of nitrogens with one attached hydrogen (secondary N) is 1. The molecule has 1 N–H and O–H groups in total. The zero-order valence-electron chi connectivity index (χ0n) is 19.1. The van der Waals surface area contributed by atoms with Gasteiger partial charge >= 0.3 is 0 Å². The van der Waals surface area contributed by atoms with Crippen LogP contribution in [0.15, 0.2) is 107 Å². The van der Waals surface area contributed by atoms with Crippen molar-refractivity contribution in [2.45, 2.75) is 12.1 Å². The number of aryl methyl sites for hydroxylation is 1. The Morgan fingerprint density at radius 3 is 2.49 bits per heavy atom. The number of amides is 1. The third-order valence-corrected chi connectivity index (χ3v) is 6.44. The molecule has 0 radical (unpaired) electrons. The Bertz CT molecular complexity index is 1490. The van der Waals surface area contributed by atoms with Crippen LogP contribution in [0.1, 0.15) is 11.1 Å². The maximum Gasteiger partial charge on any atom is 0.250 e. The van der Waals surface area contributed by atoms with E-state index in [1.807, 2.05) is 96.4 Å². The highest BCUT2D eigenvalue weighted by Gasteiger charge is 2.17. The van der Waals surface area contributed by atoms with E-state index in [1.54, 1.807) is 6.21 Å². The molecule has 1 aromatic heterocycles. The molecule has 4 aromatic carbocycles. The van der Waals surface area contributed by atoms with E-state index in [1.165, 1.54) is 17.3 Å². The van der Waals surface area contributed by atoms with Gasteiger partial charge in [-0.15, -0.1) is 10.2 Å². The molecule has 1 amide bonds. The lowest BCUT2D eigenvalue weighted by molar-refractivity contribution is -0.118. The van der Waals surface area contributed by atoms with Crippen molar-refractivity contribution in [1.82, 2.24) is 20.2 Å². The molecule has 0 atom stereocenters. The molecule has 6 nitrogen and oxygen atoms in total. The lowest BCUT2D eigenvalue weighted by Crippen LogP contribution is -2.20. The number of hydrogen-bond donors (Lipinski definition) is 1. The molecule has 0 aliphatic heterocycles. The number of fused-ring (bicyclic) bond motifs is 1. The lowest BCUT2D eigenvalue weighted by Gasteiger charge is -2.10. The van der Waals surface area contributed by atoms with E-state index in [0.29, 0.717) is 5.16 Å².